The lowest BCUT2D eigenvalue weighted by Gasteiger charge is -2.30. The molecule has 0 saturated heterocycles. The molecule has 0 fully saturated rings. The molecule has 0 radical (unpaired) electrons. The summed E-state index contributed by atoms with van der Waals surface area (Å²) < 4.78 is 10.5. The highest BCUT2D eigenvalue weighted by Crippen LogP contribution is 2.30. The summed E-state index contributed by atoms with van der Waals surface area (Å²) in [6.45, 7) is 2.20. The van der Waals surface area contributed by atoms with E-state index in [-0.39, 0.29) is 0 Å². The Morgan fingerprint density at radius 3 is 3.15 bits per heavy atom. The Hall–Kier alpha value is -0.790. The van der Waals surface area contributed by atoms with Crippen LogP contribution in [-0.2, 0) is 4.52 Å². The zero-order valence-electron chi connectivity index (χ0n) is 7.27. The summed E-state index contributed by atoms with van der Waals surface area (Å²) in [6.07, 6.45) is 0. The largest absolute Gasteiger partial charge is 0.490 e. The van der Waals surface area contributed by atoms with E-state index in [1.807, 2.05) is 24.3 Å². The molecule has 1 atom stereocenters. The van der Waals surface area contributed by atoms with Gasteiger partial charge in [-0.15, -0.1) is 0 Å². The van der Waals surface area contributed by atoms with Crippen molar-refractivity contribution in [2.24, 2.45) is 0 Å². The number of nitrogens with zero attached hydrogens (tertiary/aromatic N) is 1. The Labute approximate surface area is 79.9 Å². The molecule has 3 nitrogen and oxygen atoms in total. The number of benzene rings is 1. The van der Waals surface area contributed by atoms with E-state index >= 15 is 0 Å². The number of para-hydroxylation sites is 2. The van der Waals surface area contributed by atoms with Crippen molar-refractivity contribution in [1.29, 1.82) is 0 Å². The van der Waals surface area contributed by atoms with Crippen LogP contribution in [0, 0.1) is 0 Å². The van der Waals surface area contributed by atoms with Crippen LogP contribution in [0.3, 0.4) is 0 Å². The Bertz CT molecular complexity index is 293. The van der Waals surface area contributed by atoms with Gasteiger partial charge in [0.15, 0.2) is 0 Å². The first kappa shape index (κ1) is 8.79. The molecule has 1 aromatic carbocycles. The topological polar surface area (TPSA) is 21.7 Å². The summed E-state index contributed by atoms with van der Waals surface area (Å²) in [5, 5.41) is 0. The minimum atomic E-state index is 0.588. The Morgan fingerprint density at radius 2 is 2.31 bits per heavy atom. The predicted octanol–water partition coefficient (Wildman–Crippen LogP) is 1.65. The zero-order valence-corrected chi connectivity index (χ0v) is 8.43. The normalized spacial score (nSPS) is 15.0. The van der Waals surface area contributed by atoms with Gasteiger partial charge in [-0.2, -0.15) is 0 Å². The van der Waals surface area contributed by atoms with E-state index in [4.69, 9.17) is 9.26 Å². The summed E-state index contributed by atoms with van der Waals surface area (Å²) in [4.78, 5) is 2.14. The van der Waals surface area contributed by atoms with Crippen molar-refractivity contribution >= 4 is 15.2 Å². The molecule has 1 aromatic rings. The van der Waals surface area contributed by atoms with Gasteiger partial charge >= 0.3 is 0 Å². The van der Waals surface area contributed by atoms with Crippen LogP contribution in [0.5, 0.6) is 5.75 Å². The molecule has 1 heterocycles. The Kier molecular flexibility index (Phi) is 2.67. The molecule has 0 aliphatic carbocycles. The number of rotatable bonds is 2. The molecule has 0 spiro atoms. The molecule has 0 amide bonds. The summed E-state index contributed by atoms with van der Waals surface area (Å²) in [5.41, 5.74) is 1.11. The molecule has 0 N–H and O–H groups in total. The molecule has 70 valence electrons. The highest BCUT2D eigenvalue weighted by Gasteiger charge is 2.16. The number of hydrogen-bond acceptors (Lipinski definition) is 3. The quantitative estimate of drug-likeness (QED) is 0.673. The van der Waals surface area contributed by atoms with Crippen molar-refractivity contribution in [3.05, 3.63) is 24.3 Å². The van der Waals surface area contributed by atoms with E-state index in [1.54, 1.807) is 0 Å². The van der Waals surface area contributed by atoms with Gasteiger partial charge in [-0.05, 0) is 12.1 Å². The molecule has 0 bridgehead atoms. The summed E-state index contributed by atoms with van der Waals surface area (Å²) in [6, 6.07) is 8.00. The van der Waals surface area contributed by atoms with Crippen LogP contribution >= 0.6 is 9.47 Å². The number of ether oxygens (including phenoxy) is 1. The van der Waals surface area contributed by atoms with Crippen molar-refractivity contribution in [2.75, 3.05) is 24.8 Å². The van der Waals surface area contributed by atoms with E-state index in [9.17, 15) is 0 Å². The molecule has 1 unspecified atom stereocenters. The minimum Gasteiger partial charge on any atom is -0.490 e. The summed E-state index contributed by atoms with van der Waals surface area (Å²) in [5.74, 6) is 0.941. The first-order chi connectivity index (χ1) is 6.42. The number of hydrogen-bond donors (Lipinski definition) is 0. The molecule has 1 aliphatic heterocycles. The molecule has 0 saturated carbocycles. The third kappa shape index (κ3) is 1.77. The fourth-order valence-electron chi connectivity index (χ4n) is 1.45. The Morgan fingerprint density at radius 1 is 1.46 bits per heavy atom. The van der Waals surface area contributed by atoms with Crippen molar-refractivity contribution < 1.29 is 9.26 Å². The molecular formula is C9H12NO2P. The SMILES string of the molecule is POCN1CCOc2ccccc21. The predicted molar refractivity (Wildman–Crippen MR) is 54.9 cm³/mol. The maximum absolute atomic E-state index is 5.50. The van der Waals surface area contributed by atoms with Gasteiger partial charge in [0, 0.05) is 9.47 Å². The van der Waals surface area contributed by atoms with Crippen LogP contribution in [0.15, 0.2) is 24.3 Å². The second-order valence-electron chi connectivity index (χ2n) is 2.88. The van der Waals surface area contributed by atoms with E-state index in [0.29, 0.717) is 6.73 Å². The fraction of sp³-hybridized carbons (Fsp3) is 0.333. The van der Waals surface area contributed by atoms with Gasteiger partial charge in [0.2, 0.25) is 0 Å². The third-order valence-corrected chi connectivity index (χ3v) is 2.20. The second kappa shape index (κ2) is 3.95. The Balaban J connectivity index is 2.26. The molecule has 1 aliphatic rings. The minimum absolute atomic E-state index is 0.588. The average Bonchev–Trinajstić information content (AvgIpc) is 2.19. The molecule has 0 aromatic heterocycles. The van der Waals surface area contributed by atoms with Gasteiger partial charge < -0.3 is 14.2 Å². The van der Waals surface area contributed by atoms with E-state index in [0.717, 1.165) is 24.6 Å². The first-order valence-corrected chi connectivity index (χ1v) is 4.67. The third-order valence-electron chi connectivity index (χ3n) is 2.06. The smallest absolute Gasteiger partial charge is 0.142 e. The highest BCUT2D eigenvalue weighted by atomic mass is 31.0. The average molecular weight is 197 g/mol. The van der Waals surface area contributed by atoms with Gasteiger partial charge in [0.05, 0.1) is 12.2 Å². The monoisotopic (exact) mass is 197 g/mol. The van der Waals surface area contributed by atoms with Crippen LogP contribution in [0.4, 0.5) is 5.69 Å². The van der Waals surface area contributed by atoms with E-state index in [2.05, 4.69) is 14.4 Å². The molecular weight excluding hydrogens is 185 g/mol. The van der Waals surface area contributed by atoms with Gasteiger partial charge in [0.25, 0.3) is 0 Å². The van der Waals surface area contributed by atoms with Crippen LogP contribution < -0.4 is 9.64 Å². The van der Waals surface area contributed by atoms with Crippen molar-refractivity contribution in [3.63, 3.8) is 0 Å². The number of anilines is 1. The van der Waals surface area contributed by atoms with Gasteiger partial charge in [-0.25, -0.2) is 0 Å². The molecule has 13 heavy (non-hydrogen) atoms. The van der Waals surface area contributed by atoms with Gasteiger partial charge in [0.1, 0.15) is 19.1 Å². The summed E-state index contributed by atoms with van der Waals surface area (Å²) in [7, 11) is 2.26. The lowest BCUT2D eigenvalue weighted by molar-refractivity contribution is 0.280. The van der Waals surface area contributed by atoms with E-state index < -0.39 is 0 Å². The van der Waals surface area contributed by atoms with Crippen molar-refractivity contribution in [3.8, 4) is 5.75 Å². The molecule has 4 heteroatoms. The first-order valence-electron chi connectivity index (χ1n) is 4.20. The fourth-order valence-corrected chi connectivity index (χ4v) is 1.63. The van der Waals surface area contributed by atoms with Crippen LogP contribution in [0.1, 0.15) is 0 Å². The van der Waals surface area contributed by atoms with Crippen LogP contribution in [0.25, 0.3) is 0 Å². The molecule has 2 rings (SSSR count). The lowest BCUT2D eigenvalue weighted by atomic mass is 10.2. The van der Waals surface area contributed by atoms with Crippen LogP contribution in [0.2, 0.25) is 0 Å². The van der Waals surface area contributed by atoms with Crippen LogP contribution in [-0.4, -0.2) is 19.9 Å². The summed E-state index contributed by atoms with van der Waals surface area (Å²) >= 11 is 0. The van der Waals surface area contributed by atoms with Crippen molar-refractivity contribution in [2.45, 2.75) is 0 Å². The maximum Gasteiger partial charge on any atom is 0.142 e. The highest BCUT2D eigenvalue weighted by molar-refractivity contribution is 7.09. The van der Waals surface area contributed by atoms with E-state index in [1.165, 1.54) is 0 Å². The zero-order chi connectivity index (χ0) is 9.10. The standard InChI is InChI=1S/C9H12NO2P/c13-12-7-10-5-6-11-9-4-2-1-3-8(9)10/h1-4H,5-7,13H2. The van der Waals surface area contributed by atoms with Gasteiger partial charge in [-0.3, -0.25) is 0 Å². The van der Waals surface area contributed by atoms with Crippen molar-refractivity contribution in [1.82, 2.24) is 0 Å². The lowest BCUT2D eigenvalue weighted by Crippen LogP contribution is -2.33. The number of fused-ring (bicyclic) bond motifs is 1. The van der Waals surface area contributed by atoms with Gasteiger partial charge in [-0.1, -0.05) is 12.1 Å². The maximum atomic E-state index is 5.50. The second-order valence-corrected chi connectivity index (χ2v) is 3.21.